The Balaban J connectivity index is 2.16. The van der Waals surface area contributed by atoms with E-state index < -0.39 is 11.5 Å². The number of ether oxygens (including phenoxy) is 1. The van der Waals surface area contributed by atoms with Crippen LogP contribution in [0.5, 0.6) is 0 Å². The van der Waals surface area contributed by atoms with E-state index in [2.05, 4.69) is 11.4 Å². The molecule has 1 saturated carbocycles. The summed E-state index contributed by atoms with van der Waals surface area (Å²) in [7, 11) is 1.53. The minimum absolute atomic E-state index is 0.201. The molecule has 6 nitrogen and oxygen atoms in total. The van der Waals surface area contributed by atoms with Gasteiger partial charge in [-0.15, -0.1) is 0 Å². The van der Waals surface area contributed by atoms with Gasteiger partial charge in [-0.25, -0.2) is 0 Å². The molecule has 1 aliphatic carbocycles. The lowest BCUT2D eigenvalue weighted by atomic mass is 9.68. The van der Waals surface area contributed by atoms with Crippen molar-refractivity contribution in [2.24, 2.45) is 5.41 Å². The largest absolute Gasteiger partial charge is 0.377 e. The molecule has 2 fully saturated rings. The summed E-state index contributed by atoms with van der Waals surface area (Å²) < 4.78 is 5.25. The maximum absolute atomic E-state index is 12.4. The van der Waals surface area contributed by atoms with E-state index in [1.165, 1.54) is 11.9 Å². The van der Waals surface area contributed by atoms with Crippen LogP contribution >= 0.6 is 0 Å². The molecule has 0 aromatic heterocycles. The van der Waals surface area contributed by atoms with E-state index in [1.807, 2.05) is 0 Å². The number of morpholine rings is 1. The molecule has 98 valence electrons. The van der Waals surface area contributed by atoms with Crippen molar-refractivity contribution in [3.05, 3.63) is 0 Å². The molecule has 1 unspecified atom stereocenters. The number of hydrogen-bond acceptors (Lipinski definition) is 4. The summed E-state index contributed by atoms with van der Waals surface area (Å²) in [5, 5.41) is 11.7. The predicted octanol–water partition coefficient (Wildman–Crippen LogP) is -0.346. The van der Waals surface area contributed by atoms with Crippen molar-refractivity contribution in [2.75, 3.05) is 26.8 Å². The first-order valence-electron chi connectivity index (χ1n) is 6.16. The first-order valence-corrected chi connectivity index (χ1v) is 6.16. The first kappa shape index (κ1) is 12.8. The minimum Gasteiger partial charge on any atom is -0.377 e. The zero-order valence-electron chi connectivity index (χ0n) is 10.4. The van der Waals surface area contributed by atoms with Gasteiger partial charge in [0.15, 0.2) is 0 Å². The van der Waals surface area contributed by atoms with Gasteiger partial charge in [0.2, 0.25) is 11.8 Å². The number of likely N-dealkylation sites (N-methyl/N-ethyl adjacent to an activating group) is 1. The third-order valence-electron chi connectivity index (χ3n) is 3.77. The van der Waals surface area contributed by atoms with E-state index in [0.29, 0.717) is 26.0 Å². The van der Waals surface area contributed by atoms with Crippen LogP contribution in [0.25, 0.3) is 0 Å². The highest BCUT2D eigenvalue weighted by Crippen LogP contribution is 2.42. The Bertz CT molecular complexity index is 398. The molecule has 0 aromatic rings. The number of carbonyl (C=O) groups is 2. The third kappa shape index (κ3) is 1.95. The van der Waals surface area contributed by atoms with Crippen molar-refractivity contribution in [3.63, 3.8) is 0 Å². The van der Waals surface area contributed by atoms with E-state index in [9.17, 15) is 14.9 Å². The van der Waals surface area contributed by atoms with Gasteiger partial charge in [0.05, 0.1) is 19.3 Å². The van der Waals surface area contributed by atoms with Gasteiger partial charge in [-0.2, -0.15) is 5.26 Å². The first-order chi connectivity index (χ1) is 8.64. The van der Waals surface area contributed by atoms with Crippen molar-refractivity contribution in [1.29, 1.82) is 5.26 Å². The van der Waals surface area contributed by atoms with Crippen molar-refractivity contribution in [1.82, 2.24) is 10.2 Å². The summed E-state index contributed by atoms with van der Waals surface area (Å²) in [6.45, 7) is 0.994. The molecule has 0 radical (unpaired) electrons. The fraction of sp³-hybridized carbons (Fsp3) is 0.750. The highest BCUT2D eigenvalue weighted by atomic mass is 16.5. The number of nitrogens with one attached hydrogen (secondary N) is 1. The van der Waals surface area contributed by atoms with Gasteiger partial charge < -0.3 is 15.0 Å². The molecule has 1 aliphatic heterocycles. The van der Waals surface area contributed by atoms with Crippen LogP contribution in [-0.2, 0) is 14.3 Å². The molecule has 1 heterocycles. The quantitative estimate of drug-likeness (QED) is 0.727. The molecule has 2 amide bonds. The van der Waals surface area contributed by atoms with E-state index >= 15 is 0 Å². The normalized spacial score (nSPS) is 25.8. The molecule has 0 bridgehead atoms. The van der Waals surface area contributed by atoms with Crippen LogP contribution in [-0.4, -0.2) is 49.6 Å². The molecule has 0 aromatic carbocycles. The summed E-state index contributed by atoms with van der Waals surface area (Å²) in [5.74, 6) is -0.455. The Kier molecular flexibility index (Phi) is 3.53. The highest BCUT2D eigenvalue weighted by molar-refractivity contribution is 5.92. The molecule has 0 spiro atoms. The molecule has 1 N–H and O–H groups in total. The highest BCUT2D eigenvalue weighted by Gasteiger charge is 2.49. The second-order valence-electron chi connectivity index (χ2n) is 4.75. The number of hydrogen-bond donors (Lipinski definition) is 1. The maximum atomic E-state index is 12.4. The molecule has 18 heavy (non-hydrogen) atoms. The number of carbonyl (C=O) groups excluding carboxylic acids is 2. The molecular weight excluding hydrogens is 234 g/mol. The molecule has 1 atom stereocenters. The lowest BCUT2D eigenvalue weighted by molar-refractivity contribution is -0.157. The zero-order valence-corrected chi connectivity index (χ0v) is 10.4. The van der Waals surface area contributed by atoms with Crippen LogP contribution in [0.2, 0.25) is 0 Å². The molecule has 2 rings (SSSR count). The van der Waals surface area contributed by atoms with Crippen LogP contribution in [0.1, 0.15) is 19.3 Å². The summed E-state index contributed by atoms with van der Waals surface area (Å²) in [6.07, 6.45) is 2.09. The number of rotatable bonds is 2. The molecule has 1 saturated heterocycles. The van der Waals surface area contributed by atoms with Crippen molar-refractivity contribution in [3.8, 4) is 6.07 Å². The van der Waals surface area contributed by atoms with Gasteiger partial charge in [0, 0.05) is 13.6 Å². The summed E-state index contributed by atoms with van der Waals surface area (Å²) in [5.41, 5.74) is -0.899. The topological polar surface area (TPSA) is 82.4 Å². The Morgan fingerprint density at radius 1 is 1.50 bits per heavy atom. The van der Waals surface area contributed by atoms with Crippen LogP contribution in [0.3, 0.4) is 0 Å². The molecule has 6 heteroatoms. The monoisotopic (exact) mass is 251 g/mol. The van der Waals surface area contributed by atoms with Gasteiger partial charge in [-0.3, -0.25) is 9.59 Å². The Morgan fingerprint density at radius 2 is 2.22 bits per heavy atom. The lowest BCUT2D eigenvalue weighted by Crippen LogP contribution is -2.59. The number of nitriles is 1. The molecule has 2 aliphatic rings. The molecular formula is C12H17N3O3. The lowest BCUT2D eigenvalue weighted by Gasteiger charge is -2.42. The second kappa shape index (κ2) is 4.94. The third-order valence-corrected chi connectivity index (χ3v) is 3.77. The average Bonchev–Trinajstić information content (AvgIpc) is 2.37. The van der Waals surface area contributed by atoms with Crippen molar-refractivity contribution in [2.45, 2.75) is 25.3 Å². The Morgan fingerprint density at radius 3 is 2.72 bits per heavy atom. The van der Waals surface area contributed by atoms with Crippen LogP contribution < -0.4 is 5.32 Å². The van der Waals surface area contributed by atoms with E-state index in [1.54, 1.807) is 0 Å². The van der Waals surface area contributed by atoms with E-state index in [0.717, 1.165) is 6.42 Å². The minimum atomic E-state index is -0.899. The smallest absolute Gasteiger partial charge is 0.244 e. The zero-order chi connectivity index (χ0) is 13.2. The average molecular weight is 251 g/mol. The van der Waals surface area contributed by atoms with Crippen LogP contribution in [0.15, 0.2) is 0 Å². The SMILES string of the molecule is CNC(=O)C1COCCN1C(=O)C1(C#N)CCC1. The van der Waals surface area contributed by atoms with Gasteiger partial charge in [0.1, 0.15) is 11.5 Å². The van der Waals surface area contributed by atoms with Gasteiger partial charge >= 0.3 is 0 Å². The van der Waals surface area contributed by atoms with Gasteiger partial charge in [-0.05, 0) is 19.3 Å². The second-order valence-corrected chi connectivity index (χ2v) is 4.75. The fourth-order valence-electron chi connectivity index (χ4n) is 2.41. The standard InChI is InChI=1S/C12H17N3O3/c1-14-10(16)9-7-18-6-5-15(9)11(17)12(8-13)3-2-4-12/h9H,2-7H2,1H3,(H,14,16). The fourth-order valence-corrected chi connectivity index (χ4v) is 2.41. The number of amides is 2. The predicted molar refractivity (Wildman–Crippen MR) is 62.3 cm³/mol. The van der Waals surface area contributed by atoms with E-state index in [-0.39, 0.29) is 18.4 Å². The summed E-state index contributed by atoms with van der Waals surface area (Å²) in [6, 6.07) is 1.52. The Hall–Kier alpha value is -1.61. The maximum Gasteiger partial charge on any atom is 0.244 e. The summed E-state index contributed by atoms with van der Waals surface area (Å²) >= 11 is 0. The van der Waals surface area contributed by atoms with Crippen molar-refractivity contribution >= 4 is 11.8 Å². The van der Waals surface area contributed by atoms with Gasteiger partial charge in [0.25, 0.3) is 0 Å². The summed E-state index contributed by atoms with van der Waals surface area (Å²) in [4.78, 5) is 25.7. The van der Waals surface area contributed by atoms with Gasteiger partial charge in [-0.1, -0.05) is 0 Å². The van der Waals surface area contributed by atoms with Crippen LogP contribution in [0.4, 0.5) is 0 Å². The number of nitrogens with zero attached hydrogens (tertiary/aromatic N) is 2. The van der Waals surface area contributed by atoms with Crippen LogP contribution in [0, 0.1) is 16.7 Å². The van der Waals surface area contributed by atoms with E-state index in [4.69, 9.17) is 4.74 Å². The Labute approximate surface area is 106 Å². The van der Waals surface area contributed by atoms with Crippen molar-refractivity contribution < 1.29 is 14.3 Å².